The highest BCUT2D eigenvalue weighted by Gasteiger charge is 2.12. The number of hydrogen-bond acceptors (Lipinski definition) is 2. The Morgan fingerprint density at radius 2 is 2.12 bits per heavy atom. The predicted octanol–water partition coefficient (Wildman–Crippen LogP) is 3.08. The maximum absolute atomic E-state index is 13.6. The van der Waals surface area contributed by atoms with Gasteiger partial charge < -0.3 is 9.84 Å². The molecule has 4 heteroatoms. The number of rotatable bonds is 3. The molecule has 0 aliphatic heterocycles. The maximum Gasteiger partial charge on any atom is 0.335 e. The SMILES string of the molecule is CCOc1cc(C(=O)O)cc2c(F)cccc12. The van der Waals surface area contributed by atoms with E-state index in [1.54, 1.807) is 19.1 Å². The van der Waals surface area contributed by atoms with E-state index in [1.165, 1.54) is 18.2 Å². The molecule has 3 nitrogen and oxygen atoms in total. The van der Waals surface area contributed by atoms with E-state index in [-0.39, 0.29) is 10.9 Å². The van der Waals surface area contributed by atoms with Gasteiger partial charge in [0.15, 0.2) is 0 Å². The third kappa shape index (κ3) is 2.06. The second-order valence-electron chi connectivity index (χ2n) is 3.55. The van der Waals surface area contributed by atoms with Gasteiger partial charge in [-0.15, -0.1) is 0 Å². The normalized spacial score (nSPS) is 10.5. The van der Waals surface area contributed by atoms with Gasteiger partial charge >= 0.3 is 5.97 Å². The fraction of sp³-hybridized carbons (Fsp3) is 0.154. The van der Waals surface area contributed by atoms with Crippen LogP contribution in [0.3, 0.4) is 0 Å². The van der Waals surface area contributed by atoms with Crippen molar-refractivity contribution in [2.24, 2.45) is 0 Å². The van der Waals surface area contributed by atoms with Crippen molar-refractivity contribution in [2.75, 3.05) is 6.61 Å². The lowest BCUT2D eigenvalue weighted by Gasteiger charge is -2.09. The highest BCUT2D eigenvalue weighted by atomic mass is 19.1. The van der Waals surface area contributed by atoms with Gasteiger partial charge in [-0.05, 0) is 25.1 Å². The molecule has 0 fully saturated rings. The molecule has 0 aromatic heterocycles. The van der Waals surface area contributed by atoms with Gasteiger partial charge in [0, 0.05) is 10.8 Å². The highest BCUT2D eigenvalue weighted by Crippen LogP contribution is 2.29. The molecule has 0 aliphatic carbocycles. The Labute approximate surface area is 97.4 Å². The average Bonchev–Trinajstić information content (AvgIpc) is 2.30. The number of hydrogen-bond donors (Lipinski definition) is 1. The van der Waals surface area contributed by atoms with Crippen LogP contribution < -0.4 is 4.74 Å². The fourth-order valence-electron chi connectivity index (χ4n) is 1.71. The van der Waals surface area contributed by atoms with Gasteiger partial charge in [-0.25, -0.2) is 9.18 Å². The van der Waals surface area contributed by atoms with E-state index < -0.39 is 11.8 Å². The fourth-order valence-corrected chi connectivity index (χ4v) is 1.71. The lowest BCUT2D eigenvalue weighted by molar-refractivity contribution is 0.0696. The summed E-state index contributed by atoms with van der Waals surface area (Å²) in [4.78, 5) is 10.9. The molecule has 2 aromatic carbocycles. The van der Waals surface area contributed by atoms with Crippen LogP contribution in [-0.2, 0) is 0 Å². The predicted molar refractivity (Wildman–Crippen MR) is 62.0 cm³/mol. The lowest BCUT2D eigenvalue weighted by atomic mass is 10.1. The van der Waals surface area contributed by atoms with Crippen molar-refractivity contribution in [3.63, 3.8) is 0 Å². The molecular weight excluding hydrogens is 223 g/mol. The third-order valence-corrected chi connectivity index (χ3v) is 2.45. The minimum Gasteiger partial charge on any atom is -0.493 e. The molecule has 2 rings (SSSR count). The van der Waals surface area contributed by atoms with Crippen LogP contribution in [0.4, 0.5) is 4.39 Å². The van der Waals surface area contributed by atoms with Gasteiger partial charge in [0.25, 0.3) is 0 Å². The second kappa shape index (κ2) is 4.41. The van der Waals surface area contributed by atoms with E-state index in [9.17, 15) is 9.18 Å². The van der Waals surface area contributed by atoms with E-state index in [0.29, 0.717) is 17.7 Å². The molecule has 0 radical (unpaired) electrons. The van der Waals surface area contributed by atoms with Gasteiger partial charge in [0.2, 0.25) is 0 Å². The first-order valence-electron chi connectivity index (χ1n) is 5.22. The molecule has 0 saturated carbocycles. The van der Waals surface area contributed by atoms with Crippen molar-refractivity contribution in [1.29, 1.82) is 0 Å². The zero-order valence-corrected chi connectivity index (χ0v) is 9.24. The second-order valence-corrected chi connectivity index (χ2v) is 3.55. The van der Waals surface area contributed by atoms with Gasteiger partial charge in [-0.3, -0.25) is 0 Å². The molecule has 0 bridgehead atoms. The molecule has 1 N–H and O–H groups in total. The summed E-state index contributed by atoms with van der Waals surface area (Å²) in [7, 11) is 0. The van der Waals surface area contributed by atoms with Crippen LogP contribution >= 0.6 is 0 Å². The minimum atomic E-state index is -1.10. The summed E-state index contributed by atoms with van der Waals surface area (Å²) in [5.74, 6) is -1.16. The lowest BCUT2D eigenvalue weighted by Crippen LogP contribution is -2.00. The van der Waals surface area contributed by atoms with E-state index in [0.717, 1.165) is 0 Å². The van der Waals surface area contributed by atoms with Gasteiger partial charge in [0.05, 0.1) is 12.2 Å². The molecular formula is C13H11FO3. The summed E-state index contributed by atoms with van der Waals surface area (Å²) in [6, 6.07) is 7.29. The van der Waals surface area contributed by atoms with Crippen LogP contribution in [0.1, 0.15) is 17.3 Å². The molecule has 0 amide bonds. The average molecular weight is 234 g/mol. The molecule has 0 heterocycles. The summed E-state index contributed by atoms with van der Waals surface area (Å²) in [5.41, 5.74) is 0.0195. The summed E-state index contributed by atoms with van der Waals surface area (Å²) in [5, 5.41) is 9.79. The first-order chi connectivity index (χ1) is 8.13. The number of halogens is 1. The summed E-state index contributed by atoms with van der Waals surface area (Å²) in [6.07, 6.45) is 0. The van der Waals surface area contributed by atoms with Gasteiger partial charge in [-0.1, -0.05) is 12.1 Å². The molecule has 17 heavy (non-hydrogen) atoms. The van der Waals surface area contributed by atoms with Crippen LogP contribution in [0.2, 0.25) is 0 Å². The van der Waals surface area contributed by atoms with Crippen LogP contribution in [-0.4, -0.2) is 17.7 Å². The molecule has 0 saturated heterocycles. The Morgan fingerprint density at radius 3 is 2.76 bits per heavy atom. The van der Waals surface area contributed by atoms with Gasteiger partial charge in [0.1, 0.15) is 11.6 Å². The Bertz CT molecular complexity index is 578. The van der Waals surface area contributed by atoms with Crippen molar-refractivity contribution in [2.45, 2.75) is 6.92 Å². The first kappa shape index (κ1) is 11.4. The van der Waals surface area contributed by atoms with Gasteiger partial charge in [-0.2, -0.15) is 0 Å². The number of benzene rings is 2. The summed E-state index contributed by atoms with van der Waals surface area (Å²) >= 11 is 0. The van der Waals surface area contributed by atoms with Crippen LogP contribution in [0.15, 0.2) is 30.3 Å². The molecule has 0 unspecified atom stereocenters. The Morgan fingerprint density at radius 1 is 1.35 bits per heavy atom. The number of carbonyl (C=O) groups is 1. The summed E-state index contributed by atoms with van der Waals surface area (Å²) in [6.45, 7) is 2.19. The van der Waals surface area contributed by atoms with Crippen molar-refractivity contribution in [1.82, 2.24) is 0 Å². The maximum atomic E-state index is 13.6. The molecule has 88 valence electrons. The third-order valence-electron chi connectivity index (χ3n) is 2.45. The molecule has 2 aromatic rings. The molecule has 0 atom stereocenters. The van der Waals surface area contributed by atoms with Crippen molar-refractivity contribution in [3.8, 4) is 5.75 Å². The zero-order chi connectivity index (χ0) is 12.4. The highest BCUT2D eigenvalue weighted by molar-refractivity contribution is 5.97. The number of carboxylic acids is 1. The Kier molecular flexibility index (Phi) is 2.95. The largest absolute Gasteiger partial charge is 0.493 e. The van der Waals surface area contributed by atoms with E-state index in [1.807, 2.05) is 0 Å². The van der Waals surface area contributed by atoms with Crippen molar-refractivity contribution < 1.29 is 19.0 Å². The zero-order valence-electron chi connectivity index (χ0n) is 9.24. The number of fused-ring (bicyclic) bond motifs is 1. The van der Waals surface area contributed by atoms with Crippen LogP contribution in [0, 0.1) is 5.82 Å². The summed E-state index contributed by atoms with van der Waals surface area (Å²) < 4.78 is 18.9. The van der Waals surface area contributed by atoms with Crippen LogP contribution in [0.5, 0.6) is 5.75 Å². The molecule has 0 spiro atoms. The minimum absolute atomic E-state index is 0.0195. The topological polar surface area (TPSA) is 46.5 Å². The first-order valence-corrected chi connectivity index (χ1v) is 5.22. The van der Waals surface area contributed by atoms with Crippen LogP contribution in [0.25, 0.3) is 10.8 Å². The standard InChI is InChI=1S/C13H11FO3/c1-2-17-12-7-8(13(15)16)6-10-9(12)4-3-5-11(10)14/h3-7H,2H2,1H3,(H,15,16). The van der Waals surface area contributed by atoms with E-state index in [2.05, 4.69) is 0 Å². The molecule has 0 aliphatic rings. The Balaban J connectivity index is 2.76. The number of carboxylic acid groups (broad SMARTS) is 1. The monoisotopic (exact) mass is 234 g/mol. The quantitative estimate of drug-likeness (QED) is 0.887. The smallest absolute Gasteiger partial charge is 0.335 e. The number of ether oxygens (including phenoxy) is 1. The van der Waals surface area contributed by atoms with Crippen molar-refractivity contribution >= 4 is 16.7 Å². The van der Waals surface area contributed by atoms with E-state index in [4.69, 9.17) is 9.84 Å². The Hall–Kier alpha value is -2.10. The van der Waals surface area contributed by atoms with Crippen molar-refractivity contribution in [3.05, 3.63) is 41.7 Å². The van der Waals surface area contributed by atoms with E-state index >= 15 is 0 Å². The number of aromatic carboxylic acids is 1.